The van der Waals surface area contributed by atoms with Gasteiger partial charge in [-0.2, -0.15) is 8.42 Å². The first kappa shape index (κ1) is 22.0. The van der Waals surface area contributed by atoms with Gasteiger partial charge in [0.05, 0.1) is 10.0 Å². The molecule has 0 radical (unpaired) electrons. The van der Waals surface area contributed by atoms with Crippen molar-refractivity contribution < 1.29 is 23.2 Å². The number of hydrogen-bond acceptors (Lipinski definition) is 4. The molecule has 3 rings (SSSR count). The second-order valence-corrected chi connectivity index (χ2v) is 9.28. The molecule has 152 valence electrons. The molecule has 29 heavy (non-hydrogen) atoms. The summed E-state index contributed by atoms with van der Waals surface area (Å²) >= 11 is 24.4. The lowest BCUT2D eigenvalue weighted by atomic mass is 9.83. The van der Waals surface area contributed by atoms with E-state index >= 15 is 0 Å². The average Bonchev–Trinajstić information content (AvgIpc) is 2.62. The molecule has 0 saturated heterocycles. The topological polar surface area (TPSA) is 94.8 Å². The van der Waals surface area contributed by atoms with Crippen molar-refractivity contribution in [2.45, 2.75) is 4.75 Å². The van der Waals surface area contributed by atoms with Gasteiger partial charge >= 0.3 is 0 Å². The molecule has 3 aromatic rings. The molecule has 0 fully saturated rings. The third-order valence-corrected chi connectivity index (χ3v) is 7.13. The largest absolute Gasteiger partial charge is 0.506 e. The molecule has 0 spiro atoms. The molecule has 0 bridgehead atoms. The lowest BCUT2D eigenvalue weighted by Crippen LogP contribution is -2.38. The second kappa shape index (κ2) is 7.87. The maximum atomic E-state index is 13.0. The summed E-state index contributed by atoms with van der Waals surface area (Å²) in [7, 11) is -5.07. The Balaban J connectivity index is 2.60. The first-order chi connectivity index (χ1) is 13.5. The Morgan fingerprint density at radius 2 is 1.10 bits per heavy atom. The van der Waals surface area contributed by atoms with E-state index in [4.69, 9.17) is 46.4 Å². The van der Waals surface area contributed by atoms with Crippen LogP contribution in [0.5, 0.6) is 11.5 Å². The fourth-order valence-electron chi connectivity index (χ4n) is 3.18. The summed E-state index contributed by atoms with van der Waals surface area (Å²) in [5.41, 5.74) is -0.397. The van der Waals surface area contributed by atoms with Crippen LogP contribution in [0.2, 0.25) is 20.1 Å². The minimum Gasteiger partial charge on any atom is -0.506 e. The number of aromatic hydroxyl groups is 2. The van der Waals surface area contributed by atoms with Crippen molar-refractivity contribution in [1.29, 1.82) is 0 Å². The maximum absolute atomic E-state index is 13.0. The van der Waals surface area contributed by atoms with Gasteiger partial charge in [-0.3, -0.25) is 4.55 Å². The molecule has 5 nitrogen and oxygen atoms in total. The van der Waals surface area contributed by atoms with Crippen molar-refractivity contribution in [1.82, 2.24) is 0 Å². The van der Waals surface area contributed by atoms with Gasteiger partial charge in [-0.15, -0.1) is 0 Å². The van der Waals surface area contributed by atoms with E-state index < -0.39 is 26.4 Å². The summed E-state index contributed by atoms with van der Waals surface area (Å²) in [4.78, 5) is 0. The molecule has 0 aliphatic rings. The molecule has 0 aliphatic carbocycles. The van der Waals surface area contributed by atoms with Crippen molar-refractivity contribution in [3.63, 3.8) is 0 Å². The average molecular weight is 494 g/mol. The van der Waals surface area contributed by atoms with Crippen LogP contribution in [-0.2, 0) is 14.9 Å². The predicted octanol–water partition coefficient (Wildman–Crippen LogP) is 5.89. The van der Waals surface area contributed by atoms with Crippen LogP contribution in [0.15, 0.2) is 54.6 Å². The van der Waals surface area contributed by atoms with E-state index in [9.17, 15) is 23.2 Å². The Kier molecular flexibility index (Phi) is 5.98. The highest BCUT2D eigenvalue weighted by Crippen LogP contribution is 2.50. The lowest BCUT2D eigenvalue weighted by Gasteiger charge is -2.34. The summed E-state index contributed by atoms with van der Waals surface area (Å²) < 4.78 is 34.0. The van der Waals surface area contributed by atoms with Crippen molar-refractivity contribution in [2.75, 3.05) is 0 Å². The van der Waals surface area contributed by atoms with Crippen molar-refractivity contribution in [3.8, 4) is 11.5 Å². The molecular weight excluding hydrogens is 482 g/mol. The minimum atomic E-state index is -5.07. The van der Waals surface area contributed by atoms with Gasteiger partial charge < -0.3 is 10.2 Å². The van der Waals surface area contributed by atoms with E-state index in [-0.39, 0.29) is 36.8 Å². The Bertz CT molecular complexity index is 1140. The van der Waals surface area contributed by atoms with Crippen LogP contribution < -0.4 is 0 Å². The molecular formula is C19H12Cl4O5S. The van der Waals surface area contributed by atoms with Crippen LogP contribution in [0.25, 0.3) is 0 Å². The first-order valence-corrected chi connectivity index (χ1v) is 10.8. The van der Waals surface area contributed by atoms with E-state index in [0.29, 0.717) is 0 Å². The lowest BCUT2D eigenvalue weighted by molar-refractivity contribution is 0.455. The van der Waals surface area contributed by atoms with Crippen LogP contribution in [-0.4, -0.2) is 23.2 Å². The molecule has 10 heteroatoms. The molecule has 0 aromatic heterocycles. The monoisotopic (exact) mass is 492 g/mol. The van der Waals surface area contributed by atoms with Gasteiger partial charge in [-0.05, 0) is 47.5 Å². The number of phenolic OH excluding ortho intramolecular Hbond substituents is 2. The molecule has 3 N–H and O–H groups in total. The normalized spacial score (nSPS) is 12.2. The molecule has 0 saturated carbocycles. The summed E-state index contributed by atoms with van der Waals surface area (Å²) in [6.45, 7) is 0. The second-order valence-electron chi connectivity index (χ2n) is 6.09. The highest BCUT2D eigenvalue weighted by molar-refractivity contribution is 7.87. The van der Waals surface area contributed by atoms with Gasteiger partial charge in [0, 0.05) is 15.6 Å². The van der Waals surface area contributed by atoms with Gasteiger partial charge in [0.15, 0.2) is 4.75 Å². The van der Waals surface area contributed by atoms with Gasteiger partial charge in [0.25, 0.3) is 10.1 Å². The molecule has 0 aliphatic heterocycles. The summed E-state index contributed by atoms with van der Waals surface area (Å²) in [5.74, 6) is -0.864. The predicted molar refractivity (Wildman–Crippen MR) is 114 cm³/mol. The Morgan fingerprint density at radius 1 is 0.690 bits per heavy atom. The van der Waals surface area contributed by atoms with Crippen molar-refractivity contribution in [3.05, 3.63) is 91.4 Å². The van der Waals surface area contributed by atoms with E-state index in [0.717, 1.165) is 12.1 Å². The molecule has 0 amide bonds. The fraction of sp³-hybridized carbons (Fsp3) is 0.0526. The van der Waals surface area contributed by atoms with E-state index in [1.165, 1.54) is 42.5 Å². The van der Waals surface area contributed by atoms with E-state index in [1.807, 2.05) is 0 Å². The van der Waals surface area contributed by atoms with Crippen LogP contribution >= 0.6 is 46.4 Å². The third kappa shape index (κ3) is 3.65. The summed E-state index contributed by atoms with van der Waals surface area (Å²) in [5, 5.41) is 20.0. The van der Waals surface area contributed by atoms with Crippen molar-refractivity contribution >= 4 is 56.5 Å². The number of hydrogen-bond donors (Lipinski definition) is 3. The van der Waals surface area contributed by atoms with Gasteiger partial charge in [-0.25, -0.2) is 0 Å². The fourth-order valence-corrected chi connectivity index (χ4v) is 5.54. The molecule has 0 atom stereocenters. The smallest absolute Gasteiger partial charge is 0.283 e. The number of benzene rings is 3. The van der Waals surface area contributed by atoms with Crippen LogP contribution in [0.4, 0.5) is 0 Å². The van der Waals surface area contributed by atoms with Crippen LogP contribution in [0.1, 0.15) is 16.7 Å². The minimum absolute atomic E-state index is 0.0396. The van der Waals surface area contributed by atoms with Crippen LogP contribution in [0, 0.1) is 0 Å². The van der Waals surface area contributed by atoms with Gasteiger partial charge in [0.1, 0.15) is 11.5 Å². The molecule has 0 unspecified atom stereocenters. The maximum Gasteiger partial charge on any atom is 0.283 e. The van der Waals surface area contributed by atoms with Crippen molar-refractivity contribution in [2.24, 2.45) is 0 Å². The Hall–Kier alpha value is -1.67. The highest BCUT2D eigenvalue weighted by Gasteiger charge is 2.51. The van der Waals surface area contributed by atoms with Crippen LogP contribution in [0.3, 0.4) is 0 Å². The van der Waals surface area contributed by atoms with E-state index in [2.05, 4.69) is 0 Å². The summed E-state index contributed by atoms with van der Waals surface area (Å²) in [6.07, 6.45) is 0. The zero-order chi connectivity index (χ0) is 21.6. The molecule has 0 heterocycles. The zero-order valence-corrected chi connectivity index (χ0v) is 18.1. The number of halogens is 4. The number of rotatable bonds is 4. The third-order valence-electron chi connectivity index (χ3n) is 4.41. The number of phenols is 2. The zero-order valence-electron chi connectivity index (χ0n) is 14.3. The standard InChI is InChI=1S/C19H12Cl4O5S/c20-12-6-4-10(8-16(12)24)19(29(26,27)28,11-5-7-13(21)17(25)9-11)18-14(22)2-1-3-15(18)23/h1-9,24-25H,(H,26,27,28). The summed E-state index contributed by atoms with van der Waals surface area (Å²) in [6, 6.07) is 11.5. The first-order valence-electron chi connectivity index (χ1n) is 7.89. The molecule has 3 aromatic carbocycles. The Morgan fingerprint density at radius 3 is 1.45 bits per heavy atom. The quantitative estimate of drug-likeness (QED) is 0.311. The van der Waals surface area contributed by atoms with Gasteiger partial charge in [0.2, 0.25) is 0 Å². The Labute approximate surface area is 186 Å². The van der Waals surface area contributed by atoms with Gasteiger partial charge in [-0.1, -0.05) is 64.6 Å². The highest BCUT2D eigenvalue weighted by atomic mass is 35.5. The SMILES string of the molecule is O=S(=O)(O)C(c1ccc(Cl)c(O)c1)(c1ccc(Cl)c(O)c1)c1c(Cl)cccc1Cl. The van der Waals surface area contributed by atoms with E-state index in [1.54, 1.807) is 0 Å².